The van der Waals surface area contributed by atoms with E-state index in [9.17, 15) is 4.79 Å². The lowest BCUT2D eigenvalue weighted by atomic mass is 10.2. The topological polar surface area (TPSA) is 20.3 Å². The van der Waals surface area contributed by atoms with E-state index >= 15 is 0 Å². The molecule has 0 N–H and O–H groups in total. The van der Waals surface area contributed by atoms with Crippen molar-refractivity contribution in [1.82, 2.24) is 0 Å². The predicted molar refractivity (Wildman–Crippen MR) is 60.5 cm³/mol. The van der Waals surface area contributed by atoms with E-state index in [0.717, 1.165) is 28.7 Å². The third-order valence-electron chi connectivity index (χ3n) is 2.53. The van der Waals surface area contributed by atoms with Crippen LogP contribution in [0, 0.1) is 6.92 Å². The van der Waals surface area contributed by atoms with Crippen molar-refractivity contribution in [3.05, 3.63) is 28.2 Å². The zero-order chi connectivity index (χ0) is 10.1. The van der Waals surface area contributed by atoms with E-state index in [1.54, 1.807) is 0 Å². The van der Waals surface area contributed by atoms with E-state index in [0.29, 0.717) is 6.42 Å². The van der Waals surface area contributed by atoms with Gasteiger partial charge in [-0.1, -0.05) is 12.1 Å². The van der Waals surface area contributed by atoms with Gasteiger partial charge < -0.3 is 4.90 Å². The summed E-state index contributed by atoms with van der Waals surface area (Å²) in [5, 5.41) is 0. The second-order valence-electron chi connectivity index (χ2n) is 3.55. The van der Waals surface area contributed by atoms with Crippen LogP contribution in [0.3, 0.4) is 0 Å². The maximum Gasteiger partial charge on any atom is 0.227 e. The predicted octanol–water partition coefficient (Wildman–Crippen LogP) is 2.88. The van der Waals surface area contributed by atoms with Crippen LogP contribution in [0.25, 0.3) is 0 Å². The van der Waals surface area contributed by atoms with Crippen LogP contribution in [0.5, 0.6) is 0 Å². The molecular formula is C11H12BrNO. The van der Waals surface area contributed by atoms with Crippen LogP contribution in [0.4, 0.5) is 5.69 Å². The van der Waals surface area contributed by atoms with E-state index in [4.69, 9.17) is 0 Å². The Labute approximate surface area is 92.0 Å². The summed E-state index contributed by atoms with van der Waals surface area (Å²) in [6, 6.07) is 6.00. The third-order valence-corrected chi connectivity index (χ3v) is 3.17. The number of hydrogen-bond donors (Lipinski definition) is 0. The molecule has 0 unspecified atom stereocenters. The van der Waals surface area contributed by atoms with Crippen molar-refractivity contribution in [2.24, 2.45) is 0 Å². The first-order valence-corrected chi connectivity index (χ1v) is 5.55. The fourth-order valence-electron chi connectivity index (χ4n) is 1.85. The molecule has 1 aliphatic heterocycles. The molecule has 1 amide bonds. The van der Waals surface area contributed by atoms with Gasteiger partial charge in [-0.2, -0.15) is 0 Å². The third kappa shape index (κ3) is 1.57. The molecule has 2 nitrogen and oxygen atoms in total. The van der Waals surface area contributed by atoms with Gasteiger partial charge >= 0.3 is 0 Å². The molecule has 1 aromatic carbocycles. The van der Waals surface area contributed by atoms with Gasteiger partial charge in [0.25, 0.3) is 0 Å². The van der Waals surface area contributed by atoms with Gasteiger partial charge in [-0.3, -0.25) is 4.79 Å². The fraction of sp³-hybridized carbons (Fsp3) is 0.364. The van der Waals surface area contributed by atoms with Crippen molar-refractivity contribution < 1.29 is 4.79 Å². The van der Waals surface area contributed by atoms with E-state index < -0.39 is 0 Å². The number of nitrogens with zero attached hydrogens (tertiary/aromatic N) is 1. The summed E-state index contributed by atoms with van der Waals surface area (Å²) in [5.41, 5.74) is 2.18. The SMILES string of the molecule is Cc1cccc(Br)c1N1CCCC1=O. The number of para-hydroxylation sites is 1. The van der Waals surface area contributed by atoms with Gasteiger partial charge in [0.1, 0.15) is 0 Å². The standard InChI is InChI=1S/C11H12BrNO/c1-8-4-2-5-9(12)11(8)13-7-3-6-10(13)14/h2,4-5H,3,6-7H2,1H3. The summed E-state index contributed by atoms with van der Waals surface area (Å²) in [6.45, 7) is 2.88. The first-order valence-electron chi connectivity index (χ1n) is 4.75. The minimum atomic E-state index is 0.236. The second kappa shape index (κ2) is 3.73. The molecule has 1 fully saturated rings. The molecule has 0 aromatic heterocycles. The zero-order valence-corrected chi connectivity index (χ0v) is 9.67. The molecule has 74 valence electrons. The van der Waals surface area contributed by atoms with Crippen molar-refractivity contribution >= 4 is 27.5 Å². The average Bonchev–Trinajstić information content (AvgIpc) is 2.52. The molecule has 0 bridgehead atoms. The normalized spacial score (nSPS) is 16.4. The van der Waals surface area contributed by atoms with E-state index in [1.807, 2.05) is 30.0 Å². The van der Waals surface area contributed by atoms with Crippen molar-refractivity contribution in [3.8, 4) is 0 Å². The second-order valence-corrected chi connectivity index (χ2v) is 4.41. The smallest absolute Gasteiger partial charge is 0.227 e. The molecule has 0 atom stereocenters. The van der Waals surface area contributed by atoms with Gasteiger partial charge in [0.15, 0.2) is 0 Å². The maximum absolute atomic E-state index is 11.6. The Bertz CT molecular complexity index is 355. The molecule has 1 aromatic rings. The minimum Gasteiger partial charge on any atom is -0.311 e. The molecule has 1 heterocycles. The van der Waals surface area contributed by atoms with Crippen LogP contribution in [-0.4, -0.2) is 12.5 Å². The number of hydrogen-bond acceptors (Lipinski definition) is 1. The monoisotopic (exact) mass is 253 g/mol. The lowest BCUT2D eigenvalue weighted by Crippen LogP contribution is -2.24. The van der Waals surface area contributed by atoms with Crippen molar-refractivity contribution in [2.75, 3.05) is 11.4 Å². The quantitative estimate of drug-likeness (QED) is 0.754. The molecule has 1 aliphatic rings. The molecule has 0 saturated carbocycles. The Morgan fingerprint density at radius 1 is 1.43 bits per heavy atom. The number of amides is 1. The molecule has 1 saturated heterocycles. The summed E-state index contributed by atoms with van der Waals surface area (Å²) >= 11 is 3.49. The Kier molecular flexibility index (Phi) is 2.59. The highest BCUT2D eigenvalue weighted by Crippen LogP contribution is 2.32. The molecular weight excluding hydrogens is 242 g/mol. The lowest BCUT2D eigenvalue weighted by molar-refractivity contribution is -0.117. The highest BCUT2D eigenvalue weighted by Gasteiger charge is 2.24. The Balaban J connectivity index is 2.44. The molecule has 14 heavy (non-hydrogen) atoms. The number of benzene rings is 1. The number of rotatable bonds is 1. The fourth-order valence-corrected chi connectivity index (χ4v) is 2.53. The average molecular weight is 254 g/mol. The van der Waals surface area contributed by atoms with Gasteiger partial charge in [0.2, 0.25) is 5.91 Å². The van der Waals surface area contributed by atoms with E-state index in [-0.39, 0.29) is 5.91 Å². The van der Waals surface area contributed by atoms with Crippen LogP contribution in [0.1, 0.15) is 18.4 Å². The van der Waals surface area contributed by atoms with Gasteiger partial charge in [0.05, 0.1) is 5.69 Å². The Morgan fingerprint density at radius 3 is 2.79 bits per heavy atom. The highest BCUT2D eigenvalue weighted by molar-refractivity contribution is 9.10. The van der Waals surface area contributed by atoms with Crippen molar-refractivity contribution in [3.63, 3.8) is 0 Å². The maximum atomic E-state index is 11.6. The van der Waals surface area contributed by atoms with Gasteiger partial charge in [-0.25, -0.2) is 0 Å². The molecule has 0 radical (unpaired) electrons. The Morgan fingerprint density at radius 2 is 2.21 bits per heavy atom. The summed E-state index contributed by atoms with van der Waals surface area (Å²) in [5.74, 6) is 0.236. The van der Waals surface area contributed by atoms with Crippen molar-refractivity contribution in [2.45, 2.75) is 19.8 Å². The van der Waals surface area contributed by atoms with Crippen molar-refractivity contribution in [1.29, 1.82) is 0 Å². The largest absolute Gasteiger partial charge is 0.311 e. The first kappa shape index (κ1) is 9.71. The summed E-state index contributed by atoms with van der Waals surface area (Å²) < 4.78 is 1.01. The Hall–Kier alpha value is -0.830. The van der Waals surface area contributed by atoms with Crippen LogP contribution in [0.2, 0.25) is 0 Å². The van der Waals surface area contributed by atoms with Crippen LogP contribution >= 0.6 is 15.9 Å². The molecule has 3 heteroatoms. The summed E-state index contributed by atoms with van der Waals surface area (Å²) in [6.07, 6.45) is 1.65. The first-order chi connectivity index (χ1) is 6.70. The minimum absolute atomic E-state index is 0.236. The van der Waals surface area contributed by atoms with Crippen LogP contribution in [-0.2, 0) is 4.79 Å². The zero-order valence-electron chi connectivity index (χ0n) is 8.09. The van der Waals surface area contributed by atoms with E-state index in [2.05, 4.69) is 15.9 Å². The van der Waals surface area contributed by atoms with Crippen LogP contribution in [0.15, 0.2) is 22.7 Å². The summed E-state index contributed by atoms with van der Waals surface area (Å²) in [4.78, 5) is 13.5. The highest BCUT2D eigenvalue weighted by atomic mass is 79.9. The summed E-state index contributed by atoms with van der Waals surface area (Å²) in [7, 11) is 0. The molecule has 2 rings (SSSR count). The number of carbonyl (C=O) groups excluding carboxylic acids is 1. The number of halogens is 1. The molecule has 0 spiro atoms. The lowest BCUT2D eigenvalue weighted by Gasteiger charge is -2.19. The van der Waals surface area contributed by atoms with Crippen LogP contribution < -0.4 is 4.90 Å². The van der Waals surface area contributed by atoms with Gasteiger partial charge in [-0.15, -0.1) is 0 Å². The number of aryl methyl sites for hydroxylation is 1. The van der Waals surface area contributed by atoms with Gasteiger partial charge in [-0.05, 0) is 40.9 Å². The number of carbonyl (C=O) groups is 1. The number of anilines is 1. The van der Waals surface area contributed by atoms with E-state index in [1.165, 1.54) is 0 Å². The molecule has 0 aliphatic carbocycles. The van der Waals surface area contributed by atoms with Gasteiger partial charge in [0, 0.05) is 17.4 Å².